The van der Waals surface area contributed by atoms with Crippen molar-refractivity contribution in [3.8, 4) is 22.6 Å². The molecule has 0 N–H and O–H groups in total. The van der Waals surface area contributed by atoms with Crippen LogP contribution in [0.15, 0.2) is 97.1 Å². The van der Waals surface area contributed by atoms with E-state index in [1.807, 2.05) is 77.7 Å². The van der Waals surface area contributed by atoms with Crippen LogP contribution in [0.4, 0.5) is 0 Å². The number of ether oxygens (including phenoxy) is 3. The Hall–Kier alpha value is -4.58. The van der Waals surface area contributed by atoms with Crippen LogP contribution in [0.5, 0.6) is 11.5 Å². The highest BCUT2D eigenvalue weighted by atomic mass is 16.5. The Balaban J connectivity index is 1.58. The Morgan fingerprint density at radius 3 is 2.00 bits per heavy atom. The first-order chi connectivity index (χ1) is 19.0. The number of hydrogen-bond donors (Lipinski definition) is 0. The summed E-state index contributed by atoms with van der Waals surface area (Å²) in [6, 6.07) is 30.5. The lowest BCUT2D eigenvalue weighted by Gasteiger charge is -2.24. The molecule has 0 atom stereocenters. The molecule has 39 heavy (non-hydrogen) atoms. The number of carbonyl (C=O) groups is 2. The van der Waals surface area contributed by atoms with Gasteiger partial charge in [-0.05, 0) is 65.4 Å². The molecule has 1 amide bonds. The van der Waals surface area contributed by atoms with E-state index in [4.69, 9.17) is 14.2 Å². The van der Waals surface area contributed by atoms with Crippen molar-refractivity contribution in [2.45, 2.75) is 19.4 Å². The predicted octanol–water partition coefficient (Wildman–Crippen LogP) is 6.43. The standard InChI is InChI=1S/C33H33NO5/c1-37-28-20-25(21-29(22-28)38-2)23-34(19-9-12-24-10-5-4-6-11-24)32(35)27-17-15-26(16-18-27)30-13-7-8-14-31(30)33(36)39-3/h4-8,10-11,13-18,20-22H,9,12,19,23H2,1-3H3. The molecule has 6 heteroatoms. The summed E-state index contributed by atoms with van der Waals surface area (Å²) in [7, 11) is 4.59. The van der Waals surface area contributed by atoms with Gasteiger partial charge in [-0.15, -0.1) is 0 Å². The lowest BCUT2D eigenvalue weighted by Crippen LogP contribution is -2.31. The van der Waals surface area contributed by atoms with Gasteiger partial charge in [0.1, 0.15) is 11.5 Å². The monoisotopic (exact) mass is 523 g/mol. The minimum Gasteiger partial charge on any atom is -0.497 e. The molecule has 4 aromatic carbocycles. The molecule has 0 radical (unpaired) electrons. The van der Waals surface area contributed by atoms with Gasteiger partial charge in [-0.25, -0.2) is 4.79 Å². The molecule has 0 unspecified atom stereocenters. The van der Waals surface area contributed by atoms with Crippen LogP contribution in [-0.2, 0) is 17.7 Å². The van der Waals surface area contributed by atoms with Gasteiger partial charge in [-0.3, -0.25) is 4.79 Å². The number of methoxy groups -OCH3 is 3. The molecule has 0 aromatic heterocycles. The Bertz CT molecular complexity index is 1380. The highest BCUT2D eigenvalue weighted by molar-refractivity contribution is 5.98. The van der Waals surface area contributed by atoms with Gasteiger partial charge in [0.05, 0.1) is 26.9 Å². The van der Waals surface area contributed by atoms with Crippen molar-refractivity contribution >= 4 is 11.9 Å². The number of benzene rings is 4. The minimum atomic E-state index is -0.399. The fourth-order valence-corrected chi connectivity index (χ4v) is 4.55. The Morgan fingerprint density at radius 1 is 0.718 bits per heavy atom. The summed E-state index contributed by atoms with van der Waals surface area (Å²) >= 11 is 0. The van der Waals surface area contributed by atoms with Crippen LogP contribution in [0, 0.1) is 0 Å². The van der Waals surface area contributed by atoms with Crippen LogP contribution < -0.4 is 9.47 Å². The first-order valence-corrected chi connectivity index (χ1v) is 12.8. The van der Waals surface area contributed by atoms with E-state index in [9.17, 15) is 9.59 Å². The van der Waals surface area contributed by atoms with E-state index in [0.717, 1.165) is 29.5 Å². The van der Waals surface area contributed by atoms with Crippen LogP contribution >= 0.6 is 0 Å². The van der Waals surface area contributed by atoms with Crippen LogP contribution in [0.2, 0.25) is 0 Å². The molecule has 4 aromatic rings. The normalized spacial score (nSPS) is 10.5. The maximum atomic E-state index is 13.8. The molecule has 6 nitrogen and oxygen atoms in total. The van der Waals surface area contributed by atoms with Gasteiger partial charge in [-0.1, -0.05) is 60.7 Å². The highest BCUT2D eigenvalue weighted by Crippen LogP contribution is 2.27. The van der Waals surface area contributed by atoms with E-state index < -0.39 is 5.97 Å². The van der Waals surface area contributed by atoms with Gasteiger partial charge in [0.15, 0.2) is 0 Å². The molecule has 0 aliphatic carbocycles. The predicted molar refractivity (Wildman–Crippen MR) is 152 cm³/mol. The minimum absolute atomic E-state index is 0.0716. The third-order valence-corrected chi connectivity index (χ3v) is 6.58. The van der Waals surface area contributed by atoms with E-state index in [-0.39, 0.29) is 5.91 Å². The van der Waals surface area contributed by atoms with Crippen molar-refractivity contribution in [3.05, 3.63) is 119 Å². The van der Waals surface area contributed by atoms with Crippen molar-refractivity contribution in [1.82, 2.24) is 4.90 Å². The lowest BCUT2D eigenvalue weighted by molar-refractivity contribution is 0.0601. The number of rotatable bonds is 11. The molecule has 0 saturated carbocycles. The van der Waals surface area contributed by atoms with Crippen LogP contribution in [0.3, 0.4) is 0 Å². The van der Waals surface area contributed by atoms with E-state index in [1.165, 1.54) is 12.7 Å². The maximum Gasteiger partial charge on any atom is 0.338 e. The fraction of sp³-hybridized carbons (Fsp3) is 0.212. The second-order valence-electron chi connectivity index (χ2n) is 9.15. The summed E-state index contributed by atoms with van der Waals surface area (Å²) < 4.78 is 15.8. The quantitative estimate of drug-likeness (QED) is 0.212. The van der Waals surface area contributed by atoms with Gasteiger partial charge in [0, 0.05) is 24.7 Å². The van der Waals surface area contributed by atoms with Gasteiger partial charge >= 0.3 is 5.97 Å². The summed E-state index contributed by atoms with van der Waals surface area (Å²) in [6.07, 6.45) is 1.69. The first kappa shape index (κ1) is 27.5. The molecule has 0 fully saturated rings. The van der Waals surface area contributed by atoms with Gasteiger partial charge in [0.25, 0.3) is 5.91 Å². The Kier molecular flexibility index (Phi) is 9.35. The van der Waals surface area contributed by atoms with Gasteiger partial charge in [0.2, 0.25) is 0 Å². The summed E-state index contributed by atoms with van der Waals surface area (Å²) in [5.74, 6) is 0.881. The van der Waals surface area contributed by atoms with Crippen molar-refractivity contribution in [2.24, 2.45) is 0 Å². The number of nitrogens with zero attached hydrogens (tertiary/aromatic N) is 1. The van der Waals surface area contributed by atoms with Crippen molar-refractivity contribution in [1.29, 1.82) is 0 Å². The Labute approximate surface area is 229 Å². The third-order valence-electron chi connectivity index (χ3n) is 6.58. The lowest BCUT2D eigenvalue weighted by atomic mass is 9.98. The average Bonchev–Trinajstić information content (AvgIpc) is 3.00. The second-order valence-corrected chi connectivity index (χ2v) is 9.15. The van der Waals surface area contributed by atoms with E-state index in [1.54, 1.807) is 26.4 Å². The van der Waals surface area contributed by atoms with E-state index in [0.29, 0.717) is 35.7 Å². The van der Waals surface area contributed by atoms with Gasteiger partial charge < -0.3 is 19.1 Å². The summed E-state index contributed by atoms with van der Waals surface area (Å²) in [5, 5.41) is 0. The molecule has 200 valence electrons. The van der Waals surface area contributed by atoms with Gasteiger partial charge in [-0.2, -0.15) is 0 Å². The van der Waals surface area contributed by atoms with E-state index >= 15 is 0 Å². The zero-order valence-corrected chi connectivity index (χ0v) is 22.6. The molecular formula is C33H33NO5. The van der Waals surface area contributed by atoms with Crippen molar-refractivity contribution in [2.75, 3.05) is 27.9 Å². The van der Waals surface area contributed by atoms with E-state index in [2.05, 4.69) is 12.1 Å². The number of amides is 1. The number of aryl methyl sites for hydroxylation is 1. The molecular weight excluding hydrogens is 490 g/mol. The smallest absolute Gasteiger partial charge is 0.338 e. The molecule has 0 spiro atoms. The highest BCUT2D eigenvalue weighted by Gasteiger charge is 2.18. The summed E-state index contributed by atoms with van der Waals surface area (Å²) in [5.41, 5.74) is 4.80. The zero-order chi connectivity index (χ0) is 27.6. The van der Waals surface area contributed by atoms with Crippen molar-refractivity contribution in [3.63, 3.8) is 0 Å². The average molecular weight is 524 g/mol. The molecule has 0 heterocycles. The SMILES string of the molecule is COC(=O)c1ccccc1-c1ccc(C(=O)N(CCCc2ccccc2)Cc2cc(OC)cc(OC)c2)cc1. The number of hydrogen-bond acceptors (Lipinski definition) is 5. The molecule has 0 aliphatic heterocycles. The molecule has 0 aliphatic rings. The maximum absolute atomic E-state index is 13.8. The first-order valence-electron chi connectivity index (χ1n) is 12.8. The van der Waals surface area contributed by atoms with Crippen LogP contribution in [0.25, 0.3) is 11.1 Å². The molecule has 0 saturated heterocycles. The van der Waals surface area contributed by atoms with Crippen LogP contribution in [-0.4, -0.2) is 44.7 Å². The van der Waals surface area contributed by atoms with Crippen molar-refractivity contribution < 1.29 is 23.8 Å². The number of carbonyl (C=O) groups excluding carboxylic acids is 2. The van der Waals surface area contributed by atoms with Crippen LogP contribution in [0.1, 0.15) is 38.3 Å². The Morgan fingerprint density at radius 2 is 1.36 bits per heavy atom. The topological polar surface area (TPSA) is 65.1 Å². The number of esters is 1. The second kappa shape index (κ2) is 13.3. The summed E-state index contributed by atoms with van der Waals surface area (Å²) in [4.78, 5) is 27.9. The molecule has 0 bridgehead atoms. The third kappa shape index (κ3) is 7.05. The zero-order valence-electron chi connectivity index (χ0n) is 22.6. The summed E-state index contributed by atoms with van der Waals surface area (Å²) in [6.45, 7) is 0.994. The molecule has 4 rings (SSSR count). The largest absolute Gasteiger partial charge is 0.497 e. The fourth-order valence-electron chi connectivity index (χ4n) is 4.55.